The molecule has 1 aromatic carbocycles. The minimum absolute atomic E-state index is 0.0849. The maximum absolute atomic E-state index is 12.9. The second kappa shape index (κ2) is 7.21. The number of carbonyl (C=O) groups is 1. The molecule has 1 aliphatic rings. The molecule has 9 heteroatoms. The van der Waals surface area contributed by atoms with Gasteiger partial charge in [-0.15, -0.1) is 0 Å². The Kier molecular flexibility index (Phi) is 5.12. The Morgan fingerprint density at radius 2 is 2.04 bits per heavy atom. The number of halogens is 3. The van der Waals surface area contributed by atoms with E-state index >= 15 is 0 Å². The van der Waals surface area contributed by atoms with Gasteiger partial charge in [-0.25, -0.2) is 0 Å². The van der Waals surface area contributed by atoms with E-state index in [0.717, 1.165) is 0 Å². The van der Waals surface area contributed by atoms with E-state index in [4.69, 9.17) is 0 Å². The van der Waals surface area contributed by atoms with Crippen molar-refractivity contribution in [3.05, 3.63) is 44.5 Å². The smallest absolute Gasteiger partial charge is 0.349 e. The van der Waals surface area contributed by atoms with E-state index in [1.54, 1.807) is 13.0 Å². The number of benzene rings is 1. The highest BCUT2D eigenvalue weighted by Crippen LogP contribution is 2.37. The molecule has 1 amide bonds. The van der Waals surface area contributed by atoms with Crippen molar-refractivity contribution in [2.45, 2.75) is 51.4 Å². The highest BCUT2D eigenvalue weighted by atomic mass is 19.4. The van der Waals surface area contributed by atoms with Crippen molar-refractivity contribution in [2.75, 3.05) is 0 Å². The highest BCUT2D eigenvalue weighted by Gasteiger charge is 2.42. The summed E-state index contributed by atoms with van der Waals surface area (Å²) in [4.78, 5) is 38.5. The molecule has 0 unspecified atom stereocenters. The molecular weight excluding hydrogens is 363 g/mol. The summed E-state index contributed by atoms with van der Waals surface area (Å²) in [6.07, 6.45) is -3.40. The Balaban J connectivity index is 1.83. The van der Waals surface area contributed by atoms with Crippen molar-refractivity contribution < 1.29 is 18.0 Å². The van der Waals surface area contributed by atoms with E-state index in [1.807, 2.05) is 0 Å². The van der Waals surface area contributed by atoms with Crippen molar-refractivity contribution in [1.29, 1.82) is 0 Å². The first-order valence-corrected chi connectivity index (χ1v) is 8.85. The molecule has 1 aromatic heterocycles. The van der Waals surface area contributed by atoms with Crippen LogP contribution in [-0.2, 0) is 6.54 Å². The van der Waals surface area contributed by atoms with E-state index in [-0.39, 0.29) is 18.4 Å². The lowest BCUT2D eigenvalue weighted by Crippen LogP contribution is -2.41. The van der Waals surface area contributed by atoms with Gasteiger partial charge in [0.1, 0.15) is 0 Å². The summed E-state index contributed by atoms with van der Waals surface area (Å²) in [5.74, 6) is -1.90. The Bertz CT molecular complexity index is 978. The van der Waals surface area contributed by atoms with E-state index in [0.29, 0.717) is 30.4 Å². The Morgan fingerprint density at radius 1 is 1.30 bits per heavy atom. The summed E-state index contributed by atoms with van der Waals surface area (Å²) in [6, 6.07) is 3.93. The number of hydrogen-bond acceptors (Lipinski definition) is 3. The van der Waals surface area contributed by atoms with Gasteiger partial charge in [0.15, 0.2) is 0 Å². The molecule has 1 heterocycles. The molecule has 2 aromatic rings. The molecule has 0 spiro atoms. The molecule has 27 heavy (non-hydrogen) atoms. The van der Waals surface area contributed by atoms with Crippen LogP contribution in [-0.4, -0.2) is 27.7 Å². The van der Waals surface area contributed by atoms with Gasteiger partial charge in [-0.1, -0.05) is 6.42 Å². The molecular formula is C18H20F3N3O3. The van der Waals surface area contributed by atoms with Crippen molar-refractivity contribution in [3.8, 4) is 0 Å². The predicted molar refractivity (Wildman–Crippen MR) is 93.8 cm³/mol. The number of alkyl halides is 3. The zero-order chi connectivity index (χ0) is 19.8. The van der Waals surface area contributed by atoms with Crippen LogP contribution in [0, 0.1) is 5.92 Å². The van der Waals surface area contributed by atoms with Crippen molar-refractivity contribution in [2.24, 2.45) is 5.92 Å². The predicted octanol–water partition coefficient (Wildman–Crippen LogP) is 2.56. The van der Waals surface area contributed by atoms with E-state index in [1.165, 1.54) is 16.7 Å². The number of aryl methyl sites for hydroxylation is 1. The first-order chi connectivity index (χ1) is 12.7. The quantitative estimate of drug-likeness (QED) is 0.799. The van der Waals surface area contributed by atoms with Gasteiger partial charge in [-0.2, -0.15) is 13.2 Å². The number of hydrogen-bond donors (Lipinski definition) is 2. The number of fused-ring (bicyclic) bond motifs is 1. The van der Waals surface area contributed by atoms with Crippen molar-refractivity contribution in [3.63, 3.8) is 0 Å². The SMILES string of the molecule is CCn1c(=O)c(=O)[nH]c2cc(C(=O)N[C@H]3CCC[C@H](C(F)(F)F)C3)ccc21. The number of amides is 1. The summed E-state index contributed by atoms with van der Waals surface area (Å²) >= 11 is 0. The Labute approximate surface area is 152 Å². The lowest BCUT2D eigenvalue weighted by molar-refractivity contribution is -0.183. The summed E-state index contributed by atoms with van der Waals surface area (Å²) < 4.78 is 40.0. The van der Waals surface area contributed by atoms with Crippen LogP contribution in [0.2, 0.25) is 0 Å². The monoisotopic (exact) mass is 383 g/mol. The van der Waals surface area contributed by atoms with Gasteiger partial charge < -0.3 is 14.9 Å². The fourth-order valence-electron chi connectivity index (χ4n) is 3.62. The van der Waals surface area contributed by atoms with Crippen LogP contribution in [0.3, 0.4) is 0 Å². The first-order valence-electron chi connectivity index (χ1n) is 8.85. The van der Waals surface area contributed by atoms with Gasteiger partial charge in [-0.05, 0) is 44.4 Å². The maximum Gasteiger partial charge on any atom is 0.391 e. The third-order valence-corrected chi connectivity index (χ3v) is 5.03. The lowest BCUT2D eigenvalue weighted by atomic mass is 9.85. The van der Waals surface area contributed by atoms with Gasteiger partial charge in [0.2, 0.25) is 0 Å². The molecule has 0 saturated heterocycles. The number of nitrogens with zero attached hydrogens (tertiary/aromatic N) is 1. The molecule has 0 aliphatic heterocycles. The van der Waals surface area contributed by atoms with Crippen LogP contribution in [0.4, 0.5) is 13.2 Å². The molecule has 2 atom stereocenters. The molecule has 2 N–H and O–H groups in total. The molecule has 1 aliphatic carbocycles. The second-order valence-corrected chi connectivity index (χ2v) is 6.81. The minimum atomic E-state index is -4.25. The Morgan fingerprint density at radius 3 is 2.70 bits per heavy atom. The molecule has 1 fully saturated rings. The molecule has 3 rings (SSSR count). The average molecular weight is 383 g/mol. The van der Waals surface area contributed by atoms with Crippen molar-refractivity contribution in [1.82, 2.24) is 14.9 Å². The zero-order valence-corrected chi connectivity index (χ0v) is 14.7. The highest BCUT2D eigenvalue weighted by molar-refractivity contribution is 5.97. The maximum atomic E-state index is 12.9. The van der Waals surface area contributed by atoms with Crippen LogP contribution in [0.25, 0.3) is 11.0 Å². The number of aromatic amines is 1. The minimum Gasteiger partial charge on any atom is -0.349 e. The number of nitrogens with one attached hydrogen (secondary N) is 2. The average Bonchev–Trinajstić information content (AvgIpc) is 2.62. The van der Waals surface area contributed by atoms with Gasteiger partial charge in [0, 0.05) is 18.2 Å². The number of aromatic nitrogens is 2. The second-order valence-electron chi connectivity index (χ2n) is 6.81. The van der Waals surface area contributed by atoms with Crippen LogP contribution in [0.15, 0.2) is 27.8 Å². The standard InChI is InChI=1S/C18H20F3N3O3/c1-2-24-14-7-6-10(8-13(14)23-16(26)17(24)27)15(25)22-12-5-3-4-11(9-12)18(19,20)21/h6-8,11-12H,2-5,9H2,1H3,(H,22,25)(H,23,26)/t11-,12-/m0/s1. The summed E-state index contributed by atoms with van der Waals surface area (Å²) in [5.41, 5.74) is -0.447. The van der Waals surface area contributed by atoms with Gasteiger partial charge in [0.25, 0.3) is 5.91 Å². The third kappa shape index (κ3) is 3.91. The summed E-state index contributed by atoms with van der Waals surface area (Å²) in [6.45, 7) is 2.02. The first kappa shape index (κ1) is 19.2. The zero-order valence-electron chi connectivity index (χ0n) is 14.7. The number of rotatable bonds is 3. The van der Waals surface area contributed by atoms with Crippen molar-refractivity contribution >= 4 is 16.9 Å². The van der Waals surface area contributed by atoms with Gasteiger partial charge in [0.05, 0.1) is 17.0 Å². The van der Waals surface area contributed by atoms with Crippen LogP contribution >= 0.6 is 0 Å². The number of H-pyrrole nitrogens is 1. The fraction of sp³-hybridized carbons (Fsp3) is 0.500. The Hall–Kier alpha value is -2.58. The molecule has 1 saturated carbocycles. The van der Waals surface area contributed by atoms with Gasteiger partial charge >= 0.3 is 17.3 Å². The molecule has 6 nitrogen and oxygen atoms in total. The van der Waals surface area contributed by atoms with E-state index in [2.05, 4.69) is 10.3 Å². The van der Waals surface area contributed by atoms with Crippen LogP contribution in [0.5, 0.6) is 0 Å². The van der Waals surface area contributed by atoms with E-state index < -0.39 is 35.2 Å². The van der Waals surface area contributed by atoms with E-state index in [9.17, 15) is 27.6 Å². The lowest BCUT2D eigenvalue weighted by Gasteiger charge is -2.31. The normalized spacial score (nSPS) is 20.6. The molecule has 0 radical (unpaired) electrons. The molecule has 146 valence electrons. The third-order valence-electron chi connectivity index (χ3n) is 5.03. The van der Waals surface area contributed by atoms with Crippen LogP contribution in [0.1, 0.15) is 43.0 Å². The molecule has 0 bridgehead atoms. The van der Waals surface area contributed by atoms with Gasteiger partial charge in [-0.3, -0.25) is 14.4 Å². The fourth-order valence-corrected chi connectivity index (χ4v) is 3.62. The summed E-state index contributed by atoms with van der Waals surface area (Å²) in [5, 5.41) is 2.66. The topological polar surface area (TPSA) is 84.0 Å². The van der Waals surface area contributed by atoms with Crippen LogP contribution < -0.4 is 16.4 Å². The summed E-state index contributed by atoms with van der Waals surface area (Å²) in [7, 11) is 0. The number of carbonyl (C=O) groups excluding carboxylic acids is 1. The largest absolute Gasteiger partial charge is 0.391 e.